The predicted octanol–water partition coefficient (Wildman–Crippen LogP) is 5.70. The van der Waals surface area contributed by atoms with E-state index in [0.29, 0.717) is 0 Å². The molecule has 0 radical (unpaired) electrons. The molecule has 0 saturated carbocycles. The summed E-state index contributed by atoms with van der Waals surface area (Å²) in [4.78, 5) is 0. The van der Waals surface area contributed by atoms with Gasteiger partial charge in [-0.1, -0.05) is 44.3 Å². The maximum atomic E-state index is 6.21. The molecule has 0 spiro atoms. The molecule has 1 aliphatic rings. The minimum Gasteiger partial charge on any atom is -0.126 e. The predicted molar refractivity (Wildman–Crippen MR) is 74.1 cm³/mol. The molecule has 1 rings (SSSR count). The molecule has 0 aromatic carbocycles. The molecule has 0 heterocycles. The van der Waals surface area contributed by atoms with Crippen molar-refractivity contribution in [3.63, 3.8) is 0 Å². The van der Waals surface area contributed by atoms with Gasteiger partial charge in [-0.05, 0) is 39.0 Å². The molecule has 0 fully saturated rings. The fourth-order valence-electron chi connectivity index (χ4n) is 2.70. The van der Waals surface area contributed by atoms with E-state index in [2.05, 4.69) is 20.8 Å². The number of rotatable bonds is 4. The molecule has 0 aromatic heterocycles. The molecule has 0 amide bonds. The first-order valence-corrected chi connectivity index (χ1v) is 7.42. The van der Waals surface area contributed by atoms with Crippen LogP contribution in [-0.2, 0) is 0 Å². The monoisotopic (exact) mass is 242 g/mol. The van der Waals surface area contributed by atoms with E-state index in [9.17, 15) is 0 Å². The summed E-state index contributed by atoms with van der Waals surface area (Å²) < 4.78 is 0. The average Bonchev–Trinajstić information content (AvgIpc) is 2.29. The lowest BCUT2D eigenvalue weighted by Gasteiger charge is -2.33. The van der Waals surface area contributed by atoms with Gasteiger partial charge in [-0.3, -0.25) is 0 Å². The van der Waals surface area contributed by atoms with Crippen molar-refractivity contribution in [1.82, 2.24) is 0 Å². The van der Waals surface area contributed by atoms with E-state index >= 15 is 0 Å². The topological polar surface area (TPSA) is 0 Å². The third kappa shape index (κ3) is 3.52. The van der Waals surface area contributed by atoms with E-state index < -0.39 is 0 Å². The number of unbranched alkanes of at least 4 members (excludes halogenated alkanes) is 1. The molecule has 0 aliphatic heterocycles. The lowest BCUT2D eigenvalue weighted by Crippen LogP contribution is -2.23. The number of alkyl halides is 1. The molecule has 0 bridgehead atoms. The van der Waals surface area contributed by atoms with Gasteiger partial charge in [-0.25, -0.2) is 0 Å². The SMILES string of the molecule is CCCC/C1=C(\C)C(C)(CCl)CCCCC1. The Labute approximate surface area is 106 Å². The van der Waals surface area contributed by atoms with Gasteiger partial charge < -0.3 is 0 Å². The van der Waals surface area contributed by atoms with Gasteiger partial charge in [0.15, 0.2) is 0 Å². The lowest BCUT2D eigenvalue weighted by molar-refractivity contribution is 0.372. The van der Waals surface area contributed by atoms with E-state index in [-0.39, 0.29) is 5.41 Å². The van der Waals surface area contributed by atoms with Crippen molar-refractivity contribution < 1.29 is 0 Å². The average molecular weight is 243 g/mol. The van der Waals surface area contributed by atoms with Crippen LogP contribution in [-0.4, -0.2) is 5.88 Å². The molecule has 0 N–H and O–H groups in total. The second kappa shape index (κ2) is 6.69. The van der Waals surface area contributed by atoms with Crippen molar-refractivity contribution in [3.8, 4) is 0 Å². The molecule has 0 aromatic rings. The van der Waals surface area contributed by atoms with Gasteiger partial charge in [0.1, 0.15) is 0 Å². The van der Waals surface area contributed by atoms with Gasteiger partial charge in [0, 0.05) is 11.3 Å². The summed E-state index contributed by atoms with van der Waals surface area (Å²) in [6, 6.07) is 0. The summed E-state index contributed by atoms with van der Waals surface area (Å²) in [7, 11) is 0. The number of hydrogen-bond donors (Lipinski definition) is 0. The molecule has 0 saturated heterocycles. The van der Waals surface area contributed by atoms with Crippen LogP contribution in [0.1, 0.15) is 72.1 Å². The van der Waals surface area contributed by atoms with Crippen LogP contribution in [0.5, 0.6) is 0 Å². The van der Waals surface area contributed by atoms with Gasteiger partial charge in [0.25, 0.3) is 0 Å². The highest BCUT2D eigenvalue weighted by Gasteiger charge is 2.28. The lowest BCUT2D eigenvalue weighted by atomic mass is 9.74. The maximum Gasteiger partial charge on any atom is 0.0314 e. The molecule has 16 heavy (non-hydrogen) atoms. The Kier molecular flexibility index (Phi) is 5.89. The van der Waals surface area contributed by atoms with Gasteiger partial charge in [0.05, 0.1) is 0 Å². The largest absolute Gasteiger partial charge is 0.126 e. The Morgan fingerprint density at radius 2 is 2.00 bits per heavy atom. The Hall–Kier alpha value is 0.0300. The fourth-order valence-corrected chi connectivity index (χ4v) is 3.04. The normalized spacial score (nSPS) is 32.2. The van der Waals surface area contributed by atoms with Crippen LogP contribution in [0.25, 0.3) is 0 Å². The van der Waals surface area contributed by atoms with Crippen LogP contribution in [0.2, 0.25) is 0 Å². The molecule has 0 nitrogen and oxygen atoms in total. The smallest absolute Gasteiger partial charge is 0.0314 e. The molecule has 1 unspecified atom stereocenters. The van der Waals surface area contributed by atoms with Crippen molar-refractivity contribution in [2.45, 2.75) is 72.1 Å². The first-order valence-electron chi connectivity index (χ1n) is 6.89. The van der Waals surface area contributed by atoms with Crippen molar-refractivity contribution in [3.05, 3.63) is 11.1 Å². The summed E-state index contributed by atoms with van der Waals surface area (Å²) in [6.07, 6.45) is 10.6. The second-order valence-corrected chi connectivity index (χ2v) is 5.85. The molecule has 94 valence electrons. The first kappa shape index (κ1) is 14.1. The van der Waals surface area contributed by atoms with Crippen molar-refractivity contribution in [1.29, 1.82) is 0 Å². The van der Waals surface area contributed by atoms with Crippen LogP contribution < -0.4 is 0 Å². The highest BCUT2D eigenvalue weighted by Crippen LogP contribution is 2.40. The summed E-state index contributed by atoms with van der Waals surface area (Å²) in [6.45, 7) is 6.96. The second-order valence-electron chi connectivity index (χ2n) is 5.59. The quantitative estimate of drug-likeness (QED) is 0.438. The minimum absolute atomic E-state index is 0.269. The zero-order valence-corrected chi connectivity index (χ0v) is 12.0. The fraction of sp³-hybridized carbons (Fsp3) is 0.867. The van der Waals surface area contributed by atoms with E-state index in [1.165, 1.54) is 51.4 Å². The molecule has 1 heteroatoms. The van der Waals surface area contributed by atoms with Crippen LogP contribution in [0.4, 0.5) is 0 Å². The summed E-state index contributed by atoms with van der Waals surface area (Å²) >= 11 is 6.21. The van der Waals surface area contributed by atoms with E-state index in [4.69, 9.17) is 11.6 Å². The van der Waals surface area contributed by atoms with Gasteiger partial charge in [-0.15, -0.1) is 11.6 Å². The number of hydrogen-bond acceptors (Lipinski definition) is 0. The third-order valence-electron chi connectivity index (χ3n) is 4.27. The van der Waals surface area contributed by atoms with E-state index in [1.54, 1.807) is 11.1 Å². The van der Waals surface area contributed by atoms with Gasteiger partial charge in [-0.2, -0.15) is 0 Å². The van der Waals surface area contributed by atoms with Crippen LogP contribution in [0.3, 0.4) is 0 Å². The van der Waals surface area contributed by atoms with Crippen molar-refractivity contribution >= 4 is 11.6 Å². The van der Waals surface area contributed by atoms with Crippen LogP contribution >= 0.6 is 11.6 Å². The van der Waals surface area contributed by atoms with Crippen LogP contribution in [0.15, 0.2) is 11.1 Å². The van der Waals surface area contributed by atoms with Gasteiger partial charge in [0.2, 0.25) is 0 Å². The zero-order valence-electron chi connectivity index (χ0n) is 11.2. The molecule has 1 aliphatic carbocycles. The summed E-state index contributed by atoms with van der Waals surface area (Å²) in [5.41, 5.74) is 3.59. The molecular formula is C15H27Cl. The van der Waals surface area contributed by atoms with Crippen LogP contribution in [0, 0.1) is 5.41 Å². The maximum absolute atomic E-state index is 6.21. The molecule has 1 atom stereocenters. The number of halogens is 1. The first-order chi connectivity index (χ1) is 7.64. The Balaban J connectivity index is 2.86. The number of allylic oxidation sites excluding steroid dienone is 2. The summed E-state index contributed by atoms with van der Waals surface area (Å²) in [5, 5.41) is 0. The molecular weight excluding hydrogens is 216 g/mol. The van der Waals surface area contributed by atoms with Crippen molar-refractivity contribution in [2.75, 3.05) is 5.88 Å². The van der Waals surface area contributed by atoms with Crippen molar-refractivity contribution in [2.24, 2.45) is 5.41 Å². The minimum atomic E-state index is 0.269. The zero-order chi connectivity index (χ0) is 12.0. The Bertz CT molecular complexity index is 242. The van der Waals surface area contributed by atoms with E-state index in [0.717, 1.165) is 5.88 Å². The van der Waals surface area contributed by atoms with Gasteiger partial charge >= 0.3 is 0 Å². The Morgan fingerprint density at radius 1 is 1.25 bits per heavy atom. The van der Waals surface area contributed by atoms with E-state index in [1.807, 2.05) is 0 Å². The summed E-state index contributed by atoms with van der Waals surface area (Å²) in [5.74, 6) is 0.786. The highest BCUT2D eigenvalue weighted by molar-refractivity contribution is 6.18. The Morgan fingerprint density at radius 3 is 2.62 bits per heavy atom. The highest BCUT2D eigenvalue weighted by atomic mass is 35.5. The third-order valence-corrected chi connectivity index (χ3v) is 4.86. The standard InChI is InChI=1S/C15H27Cl/c1-4-5-9-14-10-7-6-8-11-15(3,12-16)13(14)2/h4-12H2,1-3H3/b14-13-.